The molecule has 122 valence electrons. The van der Waals surface area contributed by atoms with E-state index in [-0.39, 0.29) is 12.2 Å². The van der Waals surface area contributed by atoms with Gasteiger partial charge < -0.3 is 4.74 Å². The van der Waals surface area contributed by atoms with Crippen molar-refractivity contribution in [3.05, 3.63) is 35.4 Å². The summed E-state index contributed by atoms with van der Waals surface area (Å²) < 4.78 is 34.4. The molecule has 0 fully saturated rings. The van der Waals surface area contributed by atoms with Crippen LogP contribution in [0.3, 0.4) is 0 Å². The lowest BCUT2D eigenvalue weighted by Crippen LogP contribution is -2.20. The van der Waals surface area contributed by atoms with Crippen molar-refractivity contribution in [2.24, 2.45) is 4.40 Å². The summed E-state index contributed by atoms with van der Waals surface area (Å²) in [5.41, 5.74) is 1.36. The fourth-order valence-corrected chi connectivity index (χ4v) is 2.21. The fraction of sp³-hybridized carbons (Fsp3) is 0.500. The van der Waals surface area contributed by atoms with E-state index in [4.69, 9.17) is 0 Å². The van der Waals surface area contributed by atoms with E-state index in [1.54, 1.807) is 26.0 Å². The molecule has 0 radical (unpaired) electrons. The van der Waals surface area contributed by atoms with Gasteiger partial charge in [-0.15, -0.1) is 0 Å². The summed E-state index contributed by atoms with van der Waals surface area (Å²) in [6.45, 7) is 8.95. The number of ether oxygens (including phenoxy) is 1. The normalized spacial score (nSPS) is 15.3. The average molecular weight is 327 g/mol. The maximum absolute atomic E-state index is 14.0. The van der Waals surface area contributed by atoms with E-state index >= 15 is 0 Å². The Bertz CT molecular complexity index is 593. The lowest BCUT2D eigenvalue weighted by Gasteiger charge is -2.14. The predicted molar refractivity (Wildman–Crippen MR) is 87.0 cm³/mol. The highest BCUT2D eigenvalue weighted by Gasteiger charge is 2.22. The van der Waals surface area contributed by atoms with Crippen LogP contribution in [0.25, 0.3) is 0 Å². The maximum Gasteiger partial charge on any atom is 0.345 e. The van der Waals surface area contributed by atoms with Crippen LogP contribution in [0.2, 0.25) is 0 Å². The number of carbonyl (C=O) groups excluding carboxylic acids is 1. The summed E-state index contributed by atoms with van der Waals surface area (Å²) in [6.07, 6.45) is -1.83. The van der Waals surface area contributed by atoms with Crippen LogP contribution in [0.4, 0.5) is 4.39 Å². The van der Waals surface area contributed by atoms with Crippen molar-refractivity contribution >= 4 is 22.7 Å². The molecule has 0 heterocycles. The largest absolute Gasteiger partial charge is 0.464 e. The van der Waals surface area contributed by atoms with Crippen molar-refractivity contribution in [2.45, 2.75) is 45.5 Å². The van der Waals surface area contributed by atoms with E-state index < -0.39 is 27.9 Å². The molecule has 0 N–H and O–H groups in total. The predicted octanol–water partition coefficient (Wildman–Crippen LogP) is 3.53. The van der Waals surface area contributed by atoms with Crippen molar-refractivity contribution in [3.8, 4) is 0 Å². The van der Waals surface area contributed by atoms with Gasteiger partial charge in [-0.3, -0.25) is 0 Å². The van der Waals surface area contributed by atoms with E-state index in [0.717, 1.165) is 0 Å². The van der Waals surface area contributed by atoms with E-state index in [2.05, 4.69) is 9.13 Å². The first-order valence-electron chi connectivity index (χ1n) is 7.05. The third-order valence-corrected chi connectivity index (χ3v) is 4.32. The molecule has 0 saturated carbocycles. The molecule has 6 heteroatoms. The van der Waals surface area contributed by atoms with Crippen LogP contribution in [0.5, 0.6) is 0 Å². The number of hydrogen-bond acceptors (Lipinski definition) is 3. The Morgan fingerprint density at radius 3 is 2.59 bits per heavy atom. The number of hydrogen-bond donors (Lipinski definition) is 0. The summed E-state index contributed by atoms with van der Waals surface area (Å²) in [5.74, 6) is -0.910. The van der Waals surface area contributed by atoms with Crippen LogP contribution >= 0.6 is 0 Å². The standard InChI is InChI=1S/C16H22FNO3S/c1-6-21-15(19)14(17)13-9-7-8-12(10-13)11(2)18-22(20)16(3,4)5/h7-10,14H,6H2,1-5H3. The monoisotopic (exact) mass is 327 g/mol. The van der Waals surface area contributed by atoms with Gasteiger partial charge in [-0.1, -0.05) is 18.2 Å². The Labute approximate surface area is 133 Å². The topological polar surface area (TPSA) is 55.7 Å². The first-order valence-corrected chi connectivity index (χ1v) is 8.15. The van der Waals surface area contributed by atoms with Gasteiger partial charge in [0.2, 0.25) is 6.17 Å². The number of nitrogens with zero attached hydrogens (tertiary/aromatic N) is 1. The Morgan fingerprint density at radius 1 is 1.41 bits per heavy atom. The summed E-state index contributed by atoms with van der Waals surface area (Å²) >= 11 is 0. The minimum absolute atomic E-state index is 0.129. The smallest absolute Gasteiger partial charge is 0.345 e. The number of esters is 1. The third kappa shape index (κ3) is 5.02. The number of halogens is 1. The summed E-state index contributed by atoms with van der Waals surface area (Å²) in [4.78, 5) is 11.5. The van der Waals surface area contributed by atoms with Gasteiger partial charge >= 0.3 is 5.97 Å². The number of alkyl halides is 1. The third-order valence-electron chi connectivity index (χ3n) is 2.83. The molecular formula is C16H22FNO3S. The fourth-order valence-electron chi connectivity index (χ4n) is 1.59. The first-order chi connectivity index (χ1) is 10.2. The summed E-state index contributed by atoms with van der Waals surface area (Å²) in [7, 11) is -1.39. The van der Waals surface area contributed by atoms with E-state index in [1.807, 2.05) is 20.8 Å². The van der Waals surface area contributed by atoms with Crippen LogP contribution in [-0.2, 0) is 20.5 Å². The molecule has 22 heavy (non-hydrogen) atoms. The molecule has 0 saturated heterocycles. The molecule has 0 aliphatic carbocycles. The first kappa shape index (κ1) is 18.5. The zero-order valence-corrected chi connectivity index (χ0v) is 14.4. The van der Waals surface area contributed by atoms with E-state index in [1.165, 1.54) is 12.1 Å². The van der Waals surface area contributed by atoms with Gasteiger partial charge in [0.05, 0.1) is 17.1 Å². The van der Waals surface area contributed by atoms with Gasteiger partial charge in [-0.25, -0.2) is 13.4 Å². The molecule has 0 aliphatic rings. The van der Waals surface area contributed by atoms with Crippen LogP contribution in [0.15, 0.2) is 28.7 Å². The van der Waals surface area contributed by atoms with Crippen LogP contribution < -0.4 is 0 Å². The molecular weight excluding hydrogens is 305 g/mol. The zero-order chi connectivity index (χ0) is 16.9. The molecule has 4 nitrogen and oxygen atoms in total. The Kier molecular flexibility index (Phi) is 6.41. The van der Waals surface area contributed by atoms with Crippen molar-refractivity contribution in [1.82, 2.24) is 0 Å². The van der Waals surface area contributed by atoms with Gasteiger partial charge in [0, 0.05) is 0 Å². The lowest BCUT2D eigenvalue weighted by atomic mass is 10.0. The van der Waals surface area contributed by atoms with Gasteiger partial charge in [0.15, 0.2) is 0 Å². The highest BCUT2D eigenvalue weighted by molar-refractivity contribution is 7.85. The van der Waals surface area contributed by atoms with Crippen molar-refractivity contribution in [1.29, 1.82) is 0 Å². The second-order valence-corrected chi connectivity index (χ2v) is 7.68. The number of benzene rings is 1. The van der Waals surface area contributed by atoms with Gasteiger partial charge in [0.1, 0.15) is 11.0 Å². The average Bonchev–Trinajstić information content (AvgIpc) is 2.45. The van der Waals surface area contributed by atoms with Crippen molar-refractivity contribution < 1.29 is 18.1 Å². The van der Waals surface area contributed by atoms with Crippen LogP contribution in [0.1, 0.15) is 51.9 Å². The zero-order valence-electron chi connectivity index (χ0n) is 13.6. The second-order valence-electron chi connectivity index (χ2n) is 5.78. The lowest BCUT2D eigenvalue weighted by molar-refractivity contribution is -0.149. The molecule has 2 unspecified atom stereocenters. The Balaban J connectivity index is 3.04. The number of rotatable bonds is 5. The van der Waals surface area contributed by atoms with Crippen LogP contribution in [0, 0.1) is 0 Å². The summed E-state index contributed by atoms with van der Waals surface area (Å²) in [5, 5.41) is 0. The molecule has 2 atom stereocenters. The Hall–Kier alpha value is -1.56. The van der Waals surface area contributed by atoms with Gasteiger partial charge in [-0.2, -0.15) is 4.40 Å². The van der Waals surface area contributed by atoms with Crippen molar-refractivity contribution in [3.63, 3.8) is 0 Å². The highest BCUT2D eigenvalue weighted by Crippen LogP contribution is 2.21. The van der Waals surface area contributed by atoms with Crippen molar-refractivity contribution in [2.75, 3.05) is 6.61 Å². The second kappa shape index (κ2) is 7.63. The van der Waals surface area contributed by atoms with Gasteiger partial charge in [0.25, 0.3) is 0 Å². The minimum atomic E-state index is -1.83. The summed E-state index contributed by atoms with van der Waals surface area (Å²) in [6, 6.07) is 6.41. The molecule has 0 aliphatic heterocycles. The molecule has 0 bridgehead atoms. The molecule has 1 aromatic rings. The quantitative estimate of drug-likeness (QED) is 0.614. The van der Waals surface area contributed by atoms with E-state index in [9.17, 15) is 13.4 Å². The maximum atomic E-state index is 14.0. The molecule has 1 aromatic carbocycles. The Morgan fingerprint density at radius 2 is 2.05 bits per heavy atom. The van der Waals surface area contributed by atoms with Crippen LogP contribution in [-0.4, -0.2) is 27.2 Å². The molecule has 0 amide bonds. The SMILES string of the molecule is CCOC(=O)C(F)c1cccc(C(C)=NS(=O)C(C)(C)C)c1. The van der Waals surface area contributed by atoms with E-state index in [0.29, 0.717) is 11.3 Å². The molecule has 0 aromatic heterocycles. The molecule has 0 spiro atoms. The molecule has 1 rings (SSSR count). The highest BCUT2D eigenvalue weighted by atomic mass is 32.2. The van der Waals surface area contributed by atoms with Gasteiger partial charge in [-0.05, 0) is 51.8 Å². The number of carbonyl (C=O) groups is 1. The minimum Gasteiger partial charge on any atom is -0.464 e.